The number of halogens is 2. The molecule has 172 valence electrons. The Morgan fingerprint density at radius 1 is 0.879 bits per heavy atom. The van der Waals surface area contributed by atoms with Gasteiger partial charge in [0.15, 0.2) is 0 Å². The smallest absolute Gasteiger partial charge is 0.223 e. The van der Waals surface area contributed by atoms with Crippen molar-refractivity contribution in [3.8, 4) is 11.1 Å². The van der Waals surface area contributed by atoms with E-state index in [1.807, 2.05) is 42.5 Å². The second-order valence-corrected chi connectivity index (χ2v) is 9.77. The van der Waals surface area contributed by atoms with Crippen molar-refractivity contribution in [2.24, 2.45) is 17.6 Å². The van der Waals surface area contributed by atoms with Crippen LogP contribution in [0.15, 0.2) is 72.8 Å². The second-order valence-electron chi connectivity index (χ2n) is 8.96. The maximum atomic E-state index is 13.2. The number of nitrogens with one attached hydrogen (secondary N) is 1. The van der Waals surface area contributed by atoms with Crippen molar-refractivity contribution in [2.75, 3.05) is 6.54 Å². The molecule has 0 aliphatic heterocycles. The molecule has 0 spiro atoms. The third-order valence-electron chi connectivity index (χ3n) is 6.69. The Bertz CT molecular complexity index is 1080. The maximum Gasteiger partial charge on any atom is 0.223 e. The number of carbonyl (C=O) groups is 1. The van der Waals surface area contributed by atoms with Gasteiger partial charge in [0.2, 0.25) is 5.91 Å². The molecule has 4 rings (SSSR count). The highest BCUT2D eigenvalue weighted by Crippen LogP contribution is 2.32. The molecule has 3 nitrogen and oxygen atoms in total. The summed E-state index contributed by atoms with van der Waals surface area (Å²) in [6, 6.07) is 24.1. The van der Waals surface area contributed by atoms with Crippen LogP contribution in [0, 0.1) is 11.8 Å². The fourth-order valence-electron chi connectivity index (χ4n) is 4.66. The van der Waals surface area contributed by atoms with Crippen molar-refractivity contribution >= 4 is 29.1 Å². The largest absolute Gasteiger partial charge is 0.349 e. The fourth-order valence-corrected chi connectivity index (χ4v) is 4.96. The Morgan fingerprint density at radius 2 is 1.61 bits per heavy atom. The van der Waals surface area contributed by atoms with Gasteiger partial charge in [-0.1, -0.05) is 77.8 Å². The van der Waals surface area contributed by atoms with Gasteiger partial charge in [-0.05, 0) is 85.0 Å². The van der Waals surface area contributed by atoms with Gasteiger partial charge < -0.3 is 11.1 Å². The summed E-state index contributed by atoms with van der Waals surface area (Å²) in [6.45, 7) is 0.715. The van der Waals surface area contributed by atoms with Crippen molar-refractivity contribution < 1.29 is 4.79 Å². The number of nitrogens with two attached hydrogens (primary N) is 1. The van der Waals surface area contributed by atoms with Gasteiger partial charge in [-0.2, -0.15) is 0 Å². The zero-order valence-electron chi connectivity index (χ0n) is 18.6. The predicted octanol–water partition coefficient (Wildman–Crippen LogP) is 6.83. The first-order chi connectivity index (χ1) is 16.0. The number of rotatable bonds is 7. The Kier molecular flexibility index (Phi) is 8.08. The molecule has 33 heavy (non-hydrogen) atoms. The molecule has 3 aromatic carbocycles. The molecule has 1 atom stereocenters. The van der Waals surface area contributed by atoms with Crippen LogP contribution in [-0.2, 0) is 11.2 Å². The molecular formula is C28H30Cl2N2O. The van der Waals surface area contributed by atoms with Gasteiger partial charge in [0, 0.05) is 5.92 Å². The van der Waals surface area contributed by atoms with E-state index >= 15 is 0 Å². The lowest BCUT2D eigenvalue weighted by atomic mass is 9.81. The Labute approximate surface area is 206 Å². The first-order valence-corrected chi connectivity index (χ1v) is 12.4. The SMILES string of the molecule is NCC1CCC(C(=O)NC(Cc2ccccc2)c2cccc(-c3ccc(Cl)c(Cl)c3)c2)CC1. The molecule has 1 unspecified atom stereocenters. The summed E-state index contributed by atoms with van der Waals surface area (Å²) in [5.74, 6) is 0.757. The summed E-state index contributed by atoms with van der Waals surface area (Å²) in [4.78, 5) is 13.2. The number of hydrogen-bond acceptors (Lipinski definition) is 2. The van der Waals surface area contributed by atoms with Crippen LogP contribution in [0.25, 0.3) is 11.1 Å². The van der Waals surface area contributed by atoms with Gasteiger partial charge in [-0.15, -0.1) is 0 Å². The van der Waals surface area contributed by atoms with E-state index in [0.29, 0.717) is 22.5 Å². The molecule has 3 aromatic rings. The molecule has 1 fully saturated rings. The first-order valence-electron chi connectivity index (χ1n) is 11.6. The molecule has 0 aromatic heterocycles. The van der Waals surface area contributed by atoms with E-state index in [1.165, 1.54) is 5.56 Å². The maximum absolute atomic E-state index is 13.2. The Balaban J connectivity index is 1.58. The standard InChI is InChI=1S/C28H30Cl2N2O/c29-25-14-13-23(17-26(25)30)22-7-4-8-24(16-22)27(15-19-5-2-1-3-6-19)32-28(33)21-11-9-20(18-31)10-12-21/h1-8,13-14,16-17,20-21,27H,9-12,15,18,31H2,(H,32,33). The molecule has 0 heterocycles. The van der Waals surface area contributed by atoms with Crippen LogP contribution in [0.1, 0.15) is 42.9 Å². The second kappa shape index (κ2) is 11.2. The monoisotopic (exact) mass is 480 g/mol. The topological polar surface area (TPSA) is 55.1 Å². The lowest BCUT2D eigenvalue weighted by Crippen LogP contribution is -2.37. The summed E-state index contributed by atoms with van der Waals surface area (Å²) < 4.78 is 0. The number of amides is 1. The minimum absolute atomic E-state index is 0.0596. The molecule has 1 saturated carbocycles. The molecule has 0 bridgehead atoms. The van der Waals surface area contributed by atoms with Gasteiger partial charge in [0.25, 0.3) is 0 Å². The number of benzene rings is 3. The van der Waals surface area contributed by atoms with Crippen LogP contribution in [0.4, 0.5) is 0 Å². The molecule has 5 heteroatoms. The van der Waals surface area contributed by atoms with Crippen LogP contribution in [0.5, 0.6) is 0 Å². The Morgan fingerprint density at radius 3 is 2.30 bits per heavy atom. The van der Waals surface area contributed by atoms with Crippen LogP contribution in [0.3, 0.4) is 0 Å². The van der Waals surface area contributed by atoms with E-state index < -0.39 is 0 Å². The van der Waals surface area contributed by atoms with Crippen molar-refractivity contribution in [1.82, 2.24) is 5.32 Å². The summed E-state index contributed by atoms with van der Waals surface area (Å²) in [6.07, 6.45) is 4.62. The first kappa shape index (κ1) is 23.8. The number of hydrogen-bond donors (Lipinski definition) is 2. The summed E-state index contributed by atoms with van der Waals surface area (Å²) in [5.41, 5.74) is 10.1. The molecular weight excluding hydrogens is 451 g/mol. The number of carbonyl (C=O) groups excluding carboxylic acids is 1. The van der Waals surface area contributed by atoms with Gasteiger partial charge in [-0.25, -0.2) is 0 Å². The van der Waals surface area contributed by atoms with Crippen LogP contribution >= 0.6 is 23.2 Å². The van der Waals surface area contributed by atoms with E-state index in [4.69, 9.17) is 28.9 Å². The molecule has 3 N–H and O–H groups in total. The quantitative estimate of drug-likeness (QED) is 0.389. The summed E-state index contributed by atoms with van der Waals surface area (Å²) in [5, 5.41) is 4.43. The van der Waals surface area contributed by atoms with E-state index in [9.17, 15) is 4.79 Å². The lowest BCUT2D eigenvalue weighted by molar-refractivity contribution is -0.127. The zero-order chi connectivity index (χ0) is 23.2. The highest BCUT2D eigenvalue weighted by molar-refractivity contribution is 6.42. The lowest BCUT2D eigenvalue weighted by Gasteiger charge is -2.29. The normalized spacial score (nSPS) is 19.1. The van der Waals surface area contributed by atoms with Crippen molar-refractivity contribution in [2.45, 2.75) is 38.1 Å². The minimum atomic E-state index is -0.116. The molecule has 1 amide bonds. The van der Waals surface area contributed by atoms with Crippen molar-refractivity contribution in [3.63, 3.8) is 0 Å². The average Bonchev–Trinajstić information content (AvgIpc) is 2.86. The fraction of sp³-hybridized carbons (Fsp3) is 0.321. The molecule has 0 saturated heterocycles. The van der Waals surface area contributed by atoms with E-state index in [1.54, 1.807) is 0 Å². The Hall–Kier alpha value is -2.33. The van der Waals surface area contributed by atoms with E-state index in [-0.39, 0.29) is 17.9 Å². The predicted molar refractivity (Wildman–Crippen MR) is 137 cm³/mol. The highest BCUT2D eigenvalue weighted by Gasteiger charge is 2.27. The average molecular weight is 481 g/mol. The van der Waals surface area contributed by atoms with Crippen LogP contribution in [-0.4, -0.2) is 12.5 Å². The summed E-state index contributed by atoms with van der Waals surface area (Å²) in [7, 11) is 0. The third-order valence-corrected chi connectivity index (χ3v) is 7.43. The van der Waals surface area contributed by atoms with Crippen LogP contribution < -0.4 is 11.1 Å². The molecule has 0 radical (unpaired) electrons. The van der Waals surface area contributed by atoms with Gasteiger partial charge in [0.1, 0.15) is 0 Å². The van der Waals surface area contributed by atoms with Crippen molar-refractivity contribution in [3.05, 3.63) is 94.0 Å². The van der Waals surface area contributed by atoms with E-state index in [2.05, 4.69) is 35.6 Å². The molecule has 1 aliphatic rings. The van der Waals surface area contributed by atoms with Gasteiger partial charge in [-0.3, -0.25) is 4.79 Å². The van der Waals surface area contributed by atoms with E-state index in [0.717, 1.165) is 48.8 Å². The van der Waals surface area contributed by atoms with Gasteiger partial charge in [0.05, 0.1) is 16.1 Å². The summed E-state index contributed by atoms with van der Waals surface area (Å²) >= 11 is 12.4. The third kappa shape index (κ3) is 6.17. The van der Waals surface area contributed by atoms with Crippen molar-refractivity contribution in [1.29, 1.82) is 0 Å². The highest BCUT2D eigenvalue weighted by atomic mass is 35.5. The van der Waals surface area contributed by atoms with Gasteiger partial charge >= 0.3 is 0 Å². The zero-order valence-corrected chi connectivity index (χ0v) is 20.2. The molecule has 1 aliphatic carbocycles. The minimum Gasteiger partial charge on any atom is -0.349 e. The van der Waals surface area contributed by atoms with Crippen LogP contribution in [0.2, 0.25) is 10.0 Å².